The van der Waals surface area contributed by atoms with Gasteiger partial charge in [0.05, 0.1) is 10.2 Å². The molecular formula is C41H28N2S. The number of pyridine rings is 1. The monoisotopic (exact) mass is 580 g/mol. The van der Waals surface area contributed by atoms with Crippen molar-refractivity contribution in [3.05, 3.63) is 170 Å². The molecule has 3 heteroatoms. The first-order valence-corrected chi connectivity index (χ1v) is 15.6. The Morgan fingerprint density at radius 2 is 0.841 bits per heavy atom. The smallest absolute Gasteiger partial charge is 0.0888 e. The highest BCUT2D eigenvalue weighted by molar-refractivity contribution is 7.25. The minimum Gasteiger partial charge on any atom is -0.311 e. The minimum absolute atomic E-state index is 1.08. The van der Waals surface area contributed by atoms with Gasteiger partial charge in [0.1, 0.15) is 0 Å². The Morgan fingerprint density at radius 3 is 1.36 bits per heavy atom. The van der Waals surface area contributed by atoms with Gasteiger partial charge in [0.2, 0.25) is 0 Å². The molecule has 0 aliphatic heterocycles. The zero-order valence-electron chi connectivity index (χ0n) is 24.0. The van der Waals surface area contributed by atoms with Crippen molar-refractivity contribution < 1.29 is 0 Å². The molecule has 0 amide bonds. The van der Waals surface area contributed by atoms with Gasteiger partial charge in [-0.1, -0.05) is 103 Å². The van der Waals surface area contributed by atoms with Crippen molar-refractivity contribution in [3.8, 4) is 33.4 Å². The summed E-state index contributed by atoms with van der Waals surface area (Å²) < 4.78 is 2.49. The predicted molar refractivity (Wildman–Crippen MR) is 188 cm³/mol. The van der Waals surface area contributed by atoms with Gasteiger partial charge in [-0.15, -0.1) is 11.3 Å². The summed E-state index contributed by atoms with van der Waals surface area (Å²) in [7, 11) is 0. The van der Waals surface area contributed by atoms with E-state index in [1.807, 2.05) is 12.3 Å². The van der Waals surface area contributed by atoms with Gasteiger partial charge >= 0.3 is 0 Å². The number of aromatic nitrogens is 1. The van der Waals surface area contributed by atoms with E-state index in [2.05, 4.69) is 168 Å². The molecular weight excluding hydrogens is 553 g/mol. The number of fused-ring (bicyclic) bond motifs is 3. The molecule has 0 spiro atoms. The molecule has 0 bridgehead atoms. The third-order valence-corrected chi connectivity index (χ3v) is 9.27. The van der Waals surface area contributed by atoms with Crippen LogP contribution in [0.25, 0.3) is 53.7 Å². The van der Waals surface area contributed by atoms with Crippen LogP contribution in [0.15, 0.2) is 170 Å². The molecule has 0 fully saturated rings. The van der Waals surface area contributed by atoms with Crippen LogP contribution in [0.3, 0.4) is 0 Å². The molecule has 8 rings (SSSR count). The second-order valence-corrected chi connectivity index (χ2v) is 12.0. The molecule has 0 unspecified atom stereocenters. The number of anilines is 3. The maximum Gasteiger partial charge on any atom is 0.0888 e. The van der Waals surface area contributed by atoms with Crippen LogP contribution < -0.4 is 4.90 Å². The largest absolute Gasteiger partial charge is 0.311 e. The van der Waals surface area contributed by atoms with E-state index in [1.54, 1.807) is 11.3 Å². The fraction of sp³-hybridized carbons (Fsp3) is 0. The van der Waals surface area contributed by atoms with Gasteiger partial charge in [-0.05, 0) is 94.0 Å². The second-order valence-electron chi connectivity index (χ2n) is 10.9. The van der Waals surface area contributed by atoms with Crippen molar-refractivity contribution in [1.82, 2.24) is 4.98 Å². The van der Waals surface area contributed by atoms with E-state index in [4.69, 9.17) is 0 Å². The van der Waals surface area contributed by atoms with E-state index in [9.17, 15) is 0 Å². The summed E-state index contributed by atoms with van der Waals surface area (Å²) in [5.41, 5.74) is 11.6. The lowest BCUT2D eigenvalue weighted by Gasteiger charge is -2.26. The summed E-state index contributed by atoms with van der Waals surface area (Å²) in [6, 6.07) is 58.5. The van der Waals surface area contributed by atoms with Crippen molar-refractivity contribution in [2.75, 3.05) is 4.90 Å². The molecule has 2 aromatic heterocycles. The maximum absolute atomic E-state index is 4.66. The highest BCUT2D eigenvalue weighted by atomic mass is 32.1. The van der Waals surface area contributed by atoms with Crippen molar-refractivity contribution in [2.24, 2.45) is 0 Å². The van der Waals surface area contributed by atoms with Crippen molar-refractivity contribution >= 4 is 48.7 Å². The van der Waals surface area contributed by atoms with Gasteiger partial charge in [-0.3, -0.25) is 4.98 Å². The molecule has 0 atom stereocenters. The average Bonchev–Trinajstić information content (AvgIpc) is 3.48. The Balaban J connectivity index is 1.17. The summed E-state index contributed by atoms with van der Waals surface area (Å²) in [6.45, 7) is 0. The third-order valence-electron chi connectivity index (χ3n) is 8.15. The second kappa shape index (κ2) is 11.3. The summed E-state index contributed by atoms with van der Waals surface area (Å²) in [6.07, 6.45) is 1.88. The number of benzene rings is 6. The first-order chi connectivity index (χ1) is 21.8. The molecule has 8 aromatic rings. The van der Waals surface area contributed by atoms with Crippen molar-refractivity contribution in [1.29, 1.82) is 0 Å². The van der Waals surface area contributed by atoms with E-state index in [1.165, 1.54) is 48.2 Å². The molecule has 0 aliphatic rings. The Labute approximate surface area is 261 Å². The van der Waals surface area contributed by atoms with Gasteiger partial charge < -0.3 is 4.90 Å². The maximum atomic E-state index is 4.66. The van der Waals surface area contributed by atoms with Gasteiger partial charge in [0.15, 0.2) is 0 Å². The van der Waals surface area contributed by atoms with Crippen LogP contribution in [-0.2, 0) is 0 Å². The molecule has 44 heavy (non-hydrogen) atoms. The minimum atomic E-state index is 1.08. The number of nitrogens with zero attached hydrogens (tertiary/aromatic N) is 2. The zero-order valence-corrected chi connectivity index (χ0v) is 24.8. The van der Waals surface area contributed by atoms with Crippen LogP contribution in [0, 0.1) is 0 Å². The standard InChI is InChI=1S/C41H28N2S/c1-3-8-29(9-4-1)31-13-20-35(21-14-31)43(36-22-15-32(16-23-36)30-10-5-2-6-11-30)37-24-17-33(18-25-37)34-19-26-39-38(28-34)41-40(44-39)12-7-27-42-41/h1-28H. The number of hydrogen-bond donors (Lipinski definition) is 0. The highest BCUT2D eigenvalue weighted by Crippen LogP contribution is 2.39. The predicted octanol–water partition coefficient (Wildman–Crippen LogP) is 11.9. The fourth-order valence-electron chi connectivity index (χ4n) is 5.89. The number of rotatable bonds is 6. The van der Waals surface area contributed by atoms with E-state index in [-0.39, 0.29) is 0 Å². The molecule has 0 N–H and O–H groups in total. The van der Waals surface area contributed by atoms with E-state index >= 15 is 0 Å². The van der Waals surface area contributed by atoms with Crippen LogP contribution in [0.5, 0.6) is 0 Å². The van der Waals surface area contributed by atoms with Crippen LogP contribution in [0.4, 0.5) is 17.1 Å². The van der Waals surface area contributed by atoms with E-state index in [0.717, 1.165) is 22.6 Å². The summed E-state index contributed by atoms with van der Waals surface area (Å²) in [4.78, 5) is 6.99. The summed E-state index contributed by atoms with van der Waals surface area (Å²) >= 11 is 1.80. The third kappa shape index (κ3) is 4.94. The summed E-state index contributed by atoms with van der Waals surface area (Å²) in [5, 5.41) is 1.21. The molecule has 2 nitrogen and oxygen atoms in total. The first kappa shape index (κ1) is 26.1. The molecule has 0 saturated heterocycles. The number of hydrogen-bond acceptors (Lipinski definition) is 3. The normalized spacial score (nSPS) is 11.2. The SMILES string of the molecule is c1ccc(-c2ccc(N(c3ccc(-c4ccccc4)cc3)c3ccc(-c4ccc5sc6cccnc6c5c4)cc3)cc2)cc1. The van der Waals surface area contributed by atoms with Gasteiger partial charge in [0.25, 0.3) is 0 Å². The Morgan fingerprint density at radius 1 is 0.386 bits per heavy atom. The molecule has 208 valence electrons. The lowest BCUT2D eigenvalue weighted by atomic mass is 10.0. The fourth-order valence-corrected chi connectivity index (χ4v) is 6.94. The van der Waals surface area contributed by atoms with Crippen LogP contribution in [-0.4, -0.2) is 4.98 Å². The zero-order chi connectivity index (χ0) is 29.3. The van der Waals surface area contributed by atoms with Crippen LogP contribution in [0.1, 0.15) is 0 Å². The highest BCUT2D eigenvalue weighted by Gasteiger charge is 2.14. The van der Waals surface area contributed by atoms with Gasteiger partial charge in [0, 0.05) is 33.3 Å². The number of thiophene rings is 1. The molecule has 6 aromatic carbocycles. The lowest BCUT2D eigenvalue weighted by molar-refractivity contribution is 1.28. The van der Waals surface area contributed by atoms with E-state index in [0.29, 0.717) is 0 Å². The summed E-state index contributed by atoms with van der Waals surface area (Å²) in [5.74, 6) is 0. The van der Waals surface area contributed by atoms with Crippen molar-refractivity contribution in [2.45, 2.75) is 0 Å². The van der Waals surface area contributed by atoms with Gasteiger partial charge in [-0.2, -0.15) is 0 Å². The van der Waals surface area contributed by atoms with Crippen LogP contribution >= 0.6 is 11.3 Å². The lowest BCUT2D eigenvalue weighted by Crippen LogP contribution is -2.09. The molecule has 2 heterocycles. The average molecular weight is 581 g/mol. The quantitative estimate of drug-likeness (QED) is 0.194. The molecule has 0 aliphatic carbocycles. The molecule has 0 saturated carbocycles. The Kier molecular flexibility index (Phi) is 6.71. The van der Waals surface area contributed by atoms with Crippen molar-refractivity contribution in [3.63, 3.8) is 0 Å². The Hall–Kier alpha value is -5.51. The first-order valence-electron chi connectivity index (χ1n) is 14.8. The van der Waals surface area contributed by atoms with Gasteiger partial charge in [-0.25, -0.2) is 0 Å². The van der Waals surface area contributed by atoms with Crippen LogP contribution in [0.2, 0.25) is 0 Å². The Bertz CT molecular complexity index is 2100. The molecule has 0 radical (unpaired) electrons. The topological polar surface area (TPSA) is 16.1 Å². The van der Waals surface area contributed by atoms with E-state index < -0.39 is 0 Å².